The third-order valence-corrected chi connectivity index (χ3v) is 8.36. The molecule has 206 valence electrons. The molecule has 0 radical (unpaired) electrons. The van der Waals surface area contributed by atoms with E-state index in [0.717, 1.165) is 65.9 Å². The molecule has 0 saturated carbocycles. The van der Waals surface area contributed by atoms with Gasteiger partial charge in [0.2, 0.25) is 11.9 Å². The fourth-order valence-corrected chi connectivity index (χ4v) is 6.29. The fourth-order valence-electron chi connectivity index (χ4n) is 6.29. The zero-order chi connectivity index (χ0) is 29.0. The summed E-state index contributed by atoms with van der Waals surface area (Å²) in [6, 6.07) is 41.8. The minimum atomic E-state index is 0.626. The van der Waals surface area contributed by atoms with E-state index in [4.69, 9.17) is 19.9 Å². The summed E-state index contributed by atoms with van der Waals surface area (Å²) in [5, 5.41) is 4.60. The van der Waals surface area contributed by atoms with Gasteiger partial charge < -0.3 is 0 Å². The maximum absolute atomic E-state index is 4.86. The number of fused-ring (bicyclic) bond motifs is 6. The van der Waals surface area contributed by atoms with Crippen LogP contribution in [-0.4, -0.2) is 29.1 Å². The topological polar surface area (TPSA) is 61.4 Å². The number of rotatable bonds is 4. The lowest BCUT2D eigenvalue weighted by molar-refractivity contribution is 0.983. The number of hydrogen-bond donors (Lipinski definition) is 0. The molecule has 0 aliphatic heterocycles. The van der Waals surface area contributed by atoms with E-state index in [1.807, 2.05) is 61.2 Å². The van der Waals surface area contributed by atoms with Crippen LogP contribution in [0.25, 0.3) is 77.8 Å². The van der Waals surface area contributed by atoms with E-state index in [1.165, 1.54) is 0 Å². The first-order chi connectivity index (χ1) is 21.8. The van der Waals surface area contributed by atoms with Gasteiger partial charge in [-0.1, -0.05) is 97.1 Å². The minimum absolute atomic E-state index is 0.626. The molecule has 9 rings (SSSR count). The Balaban J connectivity index is 1.29. The van der Waals surface area contributed by atoms with Crippen LogP contribution in [0.15, 0.2) is 146 Å². The van der Waals surface area contributed by atoms with Gasteiger partial charge in [-0.15, -0.1) is 0 Å². The third kappa shape index (κ3) is 3.75. The molecule has 6 heteroatoms. The lowest BCUT2D eigenvalue weighted by Gasteiger charge is -2.09. The standard InChI is InChI=1S/C38H24N6/c1-3-11-25(12-4-1)27-21-39-37(40-22-27)43-33-17-9-7-15-29(33)31-19-32-30-16-8-10-18-34(30)44(36(32)20-35(31)43)38-41-23-28(24-42-38)26-13-5-2-6-14-26/h1-24H. The predicted octanol–water partition coefficient (Wildman–Crippen LogP) is 8.79. The van der Waals surface area contributed by atoms with Crippen LogP contribution in [0.1, 0.15) is 0 Å². The highest BCUT2D eigenvalue weighted by atomic mass is 15.2. The molecule has 0 saturated heterocycles. The van der Waals surface area contributed by atoms with Crippen molar-refractivity contribution in [3.8, 4) is 34.2 Å². The van der Waals surface area contributed by atoms with Gasteiger partial charge in [0.25, 0.3) is 0 Å². The molecule has 0 unspecified atom stereocenters. The molecule has 0 amide bonds. The van der Waals surface area contributed by atoms with Crippen molar-refractivity contribution in [2.75, 3.05) is 0 Å². The Morgan fingerprint density at radius 1 is 0.318 bits per heavy atom. The monoisotopic (exact) mass is 564 g/mol. The second-order valence-corrected chi connectivity index (χ2v) is 10.9. The van der Waals surface area contributed by atoms with Gasteiger partial charge in [-0.3, -0.25) is 9.13 Å². The molecular formula is C38H24N6. The largest absolute Gasteiger partial charge is 0.278 e. The van der Waals surface area contributed by atoms with Crippen molar-refractivity contribution in [1.82, 2.24) is 29.1 Å². The van der Waals surface area contributed by atoms with E-state index in [0.29, 0.717) is 11.9 Å². The summed E-state index contributed by atoms with van der Waals surface area (Å²) in [5.74, 6) is 1.25. The highest BCUT2D eigenvalue weighted by molar-refractivity contribution is 6.19. The van der Waals surface area contributed by atoms with Gasteiger partial charge in [-0.05, 0) is 35.4 Å². The van der Waals surface area contributed by atoms with E-state index in [9.17, 15) is 0 Å². The molecular weight excluding hydrogens is 540 g/mol. The summed E-state index contributed by atoms with van der Waals surface area (Å²) < 4.78 is 4.31. The molecule has 0 aliphatic carbocycles. The van der Waals surface area contributed by atoms with Crippen molar-refractivity contribution in [3.63, 3.8) is 0 Å². The Kier molecular flexibility index (Phi) is 5.40. The summed E-state index contributed by atoms with van der Waals surface area (Å²) >= 11 is 0. The summed E-state index contributed by atoms with van der Waals surface area (Å²) in [4.78, 5) is 19.4. The van der Waals surface area contributed by atoms with Crippen molar-refractivity contribution in [3.05, 3.63) is 146 Å². The Morgan fingerprint density at radius 3 is 1.14 bits per heavy atom. The quantitative estimate of drug-likeness (QED) is 0.214. The van der Waals surface area contributed by atoms with Crippen LogP contribution < -0.4 is 0 Å². The predicted molar refractivity (Wildman–Crippen MR) is 177 cm³/mol. The molecule has 4 aromatic heterocycles. The Morgan fingerprint density at radius 2 is 0.705 bits per heavy atom. The molecule has 6 nitrogen and oxygen atoms in total. The van der Waals surface area contributed by atoms with Gasteiger partial charge >= 0.3 is 0 Å². The summed E-state index contributed by atoms with van der Waals surface area (Å²) in [7, 11) is 0. The van der Waals surface area contributed by atoms with Crippen molar-refractivity contribution in [2.45, 2.75) is 0 Å². The highest BCUT2D eigenvalue weighted by Crippen LogP contribution is 2.38. The first-order valence-corrected chi connectivity index (χ1v) is 14.6. The van der Waals surface area contributed by atoms with Gasteiger partial charge in [-0.25, -0.2) is 19.9 Å². The molecule has 0 spiro atoms. The van der Waals surface area contributed by atoms with Crippen LogP contribution in [-0.2, 0) is 0 Å². The molecule has 9 aromatic rings. The van der Waals surface area contributed by atoms with Crippen LogP contribution in [0, 0.1) is 0 Å². The van der Waals surface area contributed by atoms with Gasteiger partial charge in [0.05, 0.1) is 22.1 Å². The molecule has 0 fully saturated rings. The average molecular weight is 565 g/mol. The first-order valence-electron chi connectivity index (χ1n) is 14.6. The number of hydrogen-bond acceptors (Lipinski definition) is 4. The Labute approximate surface area is 252 Å². The number of para-hydroxylation sites is 2. The van der Waals surface area contributed by atoms with Crippen LogP contribution in [0.4, 0.5) is 0 Å². The molecule has 5 aromatic carbocycles. The van der Waals surface area contributed by atoms with E-state index in [1.54, 1.807) is 0 Å². The molecule has 0 aliphatic rings. The normalized spacial score (nSPS) is 11.6. The molecule has 44 heavy (non-hydrogen) atoms. The van der Waals surface area contributed by atoms with Gasteiger partial charge in [0.15, 0.2) is 0 Å². The third-order valence-electron chi connectivity index (χ3n) is 8.36. The van der Waals surface area contributed by atoms with Crippen LogP contribution in [0.5, 0.6) is 0 Å². The van der Waals surface area contributed by atoms with Gasteiger partial charge in [-0.2, -0.15) is 0 Å². The Bertz CT molecular complexity index is 2290. The van der Waals surface area contributed by atoms with Crippen LogP contribution >= 0.6 is 0 Å². The number of benzene rings is 5. The van der Waals surface area contributed by atoms with E-state index in [-0.39, 0.29) is 0 Å². The number of nitrogens with zero attached hydrogens (tertiary/aromatic N) is 6. The lowest BCUT2D eigenvalue weighted by Crippen LogP contribution is -2.02. The summed E-state index contributed by atoms with van der Waals surface area (Å²) in [5.41, 5.74) is 8.30. The number of aromatic nitrogens is 6. The molecule has 4 heterocycles. The first kappa shape index (κ1) is 24.5. The maximum atomic E-state index is 4.86. The fraction of sp³-hybridized carbons (Fsp3) is 0. The zero-order valence-corrected chi connectivity index (χ0v) is 23.5. The minimum Gasteiger partial charge on any atom is -0.278 e. The van der Waals surface area contributed by atoms with Crippen LogP contribution in [0.2, 0.25) is 0 Å². The van der Waals surface area contributed by atoms with Crippen molar-refractivity contribution in [2.24, 2.45) is 0 Å². The zero-order valence-electron chi connectivity index (χ0n) is 23.5. The maximum Gasteiger partial charge on any atom is 0.234 e. The Hall–Kier alpha value is -6.14. The SMILES string of the molecule is c1ccc(-c2cnc(-n3c4ccccc4c4cc5c6ccccc6n(-c6ncc(-c7ccccc7)cn6)c5cc43)nc2)cc1. The van der Waals surface area contributed by atoms with Gasteiger partial charge in [0.1, 0.15) is 0 Å². The van der Waals surface area contributed by atoms with Gasteiger partial charge in [0, 0.05) is 57.5 Å². The van der Waals surface area contributed by atoms with Crippen molar-refractivity contribution in [1.29, 1.82) is 0 Å². The second kappa shape index (κ2) is 9.71. The van der Waals surface area contributed by atoms with Crippen molar-refractivity contribution >= 4 is 43.6 Å². The average Bonchev–Trinajstić information content (AvgIpc) is 3.60. The lowest BCUT2D eigenvalue weighted by atomic mass is 10.1. The molecule has 0 bridgehead atoms. The van der Waals surface area contributed by atoms with Crippen LogP contribution in [0.3, 0.4) is 0 Å². The second-order valence-electron chi connectivity index (χ2n) is 10.9. The van der Waals surface area contributed by atoms with Crippen molar-refractivity contribution < 1.29 is 0 Å². The summed E-state index contributed by atoms with van der Waals surface area (Å²) in [6.07, 6.45) is 7.59. The molecule has 0 atom stereocenters. The molecule has 0 N–H and O–H groups in total. The summed E-state index contributed by atoms with van der Waals surface area (Å²) in [6.45, 7) is 0. The highest BCUT2D eigenvalue weighted by Gasteiger charge is 2.20. The van der Waals surface area contributed by atoms with E-state index >= 15 is 0 Å². The smallest absolute Gasteiger partial charge is 0.234 e. The van der Waals surface area contributed by atoms with E-state index < -0.39 is 0 Å². The van der Waals surface area contributed by atoms with E-state index in [2.05, 4.69) is 94.1 Å².